The normalized spacial score (nSPS) is 23.9. The fourth-order valence-corrected chi connectivity index (χ4v) is 2.18. The summed E-state index contributed by atoms with van der Waals surface area (Å²) in [5.74, 6) is 0.889. The number of carbonyl (C=O) groups is 1. The van der Waals surface area contributed by atoms with Gasteiger partial charge in [0.2, 0.25) is 5.91 Å². The lowest BCUT2D eigenvalue weighted by Gasteiger charge is -2.30. The van der Waals surface area contributed by atoms with Crippen LogP contribution in [0.5, 0.6) is 0 Å². The highest BCUT2D eigenvalue weighted by Gasteiger charge is 2.29. The monoisotopic (exact) mass is 257 g/mol. The number of rotatable bonds is 4. The number of carbonyl (C=O) groups excluding carboxylic acids is 1. The molecule has 2 N–H and O–H groups in total. The molecule has 0 aliphatic heterocycles. The van der Waals surface area contributed by atoms with Gasteiger partial charge in [-0.05, 0) is 38.0 Å². The molecule has 1 rings (SSSR count). The number of hydrogen-bond donors (Lipinski definition) is 2. The van der Waals surface area contributed by atoms with Crippen LogP contribution >= 0.6 is 0 Å². The summed E-state index contributed by atoms with van der Waals surface area (Å²) in [6, 6.07) is 0.349. The first-order valence-corrected chi connectivity index (χ1v) is 7.37. The van der Waals surface area contributed by atoms with Crippen molar-refractivity contribution in [3.8, 4) is 0 Å². The second-order valence-electron chi connectivity index (χ2n) is 5.79. The Morgan fingerprint density at radius 1 is 1.22 bits per heavy atom. The van der Waals surface area contributed by atoms with E-state index in [1.165, 1.54) is 12.8 Å². The first kappa shape index (κ1) is 17.4. The first-order chi connectivity index (χ1) is 8.45. The van der Waals surface area contributed by atoms with E-state index < -0.39 is 5.41 Å². The maximum Gasteiger partial charge on any atom is 0.225 e. The summed E-state index contributed by atoms with van der Waals surface area (Å²) in [6.07, 6.45) is 5.16. The van der Waals surface area contributed by atoms with Crippen LogP contribution in [0, 0.1) is 11.3 Å². The largest absolute Gasteiger partial charge is 0.396 e. The SMILES string of the molecule is CC.CC1CCC(NC(=O)C(C)(C)CCO)CC1. The summed E-state index contributed by atoms with van der Waals surface area (Å²) in [5, 5.41) is 12.0. The van der Waals surface area contributed by atoms with Crippen molar-refractivity contribution in [1.29, 1.82) is 0 Å². The van der Waals surface area contributed by atoms with Gasteiger partial charge < -0.3 is 10.4 Å². The lowest BCUT2D eigenvalue weighted by Crippen LogP contribution is -2.44. The number of aliphatic hydroxyl groups excluding tert-OH is 1. The predicted octanol–water partition coefficient (Wildman–Crippen LogP) is 3.12. The number of aliphatic hydroxyl groups is 1. The predicted molar refractivity (Wildman–Crippen MR) is 76.4 cm³/mol. The highest BCUT2D eigenvalue weighted by atomic mass is 16.3. The minimum atomic E-state index is -0.447. The first-order valence-electron chi connectivity index (χ1n) is 7.37. The molecule has 1 aliphatic carbocycles. The molecule has 1 amide bonds. The zero-order valence-corrected chi connectivity index (χ0v) is 12.8. The van der Waals surface area contributed by atoms with Crippen LogP contribution in [-0.4, -0.2) is 23.7 Å². The number of nitrogens with one attached hydrogen (secondary N) is 1. The quantitative estimate of drug-likeness (QED) is 0.813. The Hall–Kier alpha value is -0.570. The number of hydrogen-bond acceptors (Lipinski definition) is 2. The minimum absolute atomic E-state index is 0.0715. The van der Waals surface area contributed by atoms with E-state index in [1.807, 2.05) is 27.7 Å². The second kappa shape index (κ2) is 8.52. The van der Waals surface area contributed by atoms with Gasteiger partial charge in [0.05, 0.1) is 0 Å². The Morgan fingerprint density at radius 2 is 1.72 bits per heavy atom. The van der Waals surface area contributed by atoms with Crippen molar-refractivity contribution in [3.63, 3.8) is 0 Å². The number of amides is 1. The Morgan fingerprint density at radius 3 is 2.17 bits per heavy atom. The van der Waals surface area contributed by atoms with Gasteiger partial charge >= 0.3 is 0 Å². The zero-order valence-electron chi connectivity index (χ0n) is 12.8. The van der Waals surface area contributed by atoms with Crippen molar-refractivity contribution in [1.82, 2.24) is 5.32 Å². The molecule has 0 heterocycles. The van der Waals surface area contributed by atoms with Crippen LogP contribution in [0.15, 0.2) is 0 Å². The molecule has 18 heavy (non-hydrogen) atoms. The Labute approximate surface area is 112 Å². The van der Waals surface area contributed by atoms with Gasteiger partial charge in [-0.3, -0.25) is 4.79 Å². The molecular formula is C15H31NO2. The standard InChI is InChI=1S/C13H25NO2.C2H6/c1-10-4-6-11(7-5-10)14-12(16)13(2,3)8-9-15;1-2/h10-11,15H,4-9H2,1-3H3,(H,14,16);1-2H3. The molecule has 1 fully saturated rings. The van der Waals surface area contributed by atoms with Crippen molar-refractivity contribution >= 4 is 5.91 Å². The minimum Gasteiger partial charge on any atom is -0.396 e. The molecule has 3 heteroatoms. The summed E-state index contributed by atoms with van der Waals surface area (Å²) in [6.45, 7) is 10.1. The van der Waals surface area contributed by atoms with Gasteiger partial charge in [0.1, 0.15) is 0 Å². The van der Waals surface area contributed by atoms with Gasteiger partial charge in [-0.2, -0.15) is 0 Å². The zero-order chi connectivity index (χ0) is 14.2. The van der Waals surface area contributed by atoms with E-state index >= 15 is 0 Å². The molecule has 3 nitrogen and oxygen atoms in total. The third-order valence-electron chi connectivity index (χ3n) is 3.70. The molecule has 0 saturated heterocycles. The third-order valence-corrected chi connectivity index (χ3v) is 3.70. The van der Waals surface area contributed by atoms with E-state index in [9.17, 15) is 4.79 Å². The molecule has 0 radical (unpaired) electrons. The molecule has 0 unspecified atom stereocenters. The highest BCUT2D eigenvalue weighted by Crippen LogP contribution is 2.25. The van der Waals surface area contributed by atoms with Crippen molar-refractivity contribution in [2.45, 2.75) is 72.8 Å². The average molecular weight is 257 g/mol. The molecule has 0 aromatic carbocycles. The molecule has 0 aromatic rings. The molecule has 0 atom stereocenters. The summed E-state index contributed by atoms with van der Waals surface area (Å²) < 4.78 is 0. The van der Waals surface area contributed by atoms with Crippen LogP contribution in [0.4, 0.5) is 0 Å². The molecule has 1 saturated carbocycles. The highest BCUT2D eigenvalue weighted by molar-refractivity contribution is 5.82. The van der Waals surface area contributed by atoms with Gasteiger partial charge in [0.25, 0.3) is 0 Å². The summed E-state index contributed by atoms with van der Waals surface area (Å²) in [7, 11) is 0. The molecule has 0 bridgehead atoms. The average Bonchev–Trinajstić information content (AvgIpc) is 2.34. The van der Waals surface area contributed by atoms with Crippen molar-refractivity contribution in [3.05, 3.63) is 0 Å². The maximum absolute atomic E-state index is 12.0. The Kier molecular flexibility index (Phi) is 8.25. The third kappa shape index (κ3) is 5.85. The van der Waals surface area contributed by atoms with Crippen LogP contribution in [0.1, 0.15) is 66.7 Å². The Balaban J connectivity index is 0.00000137. The van der Waals surface area contributed by atoms with Gasteiger partial charge in [-0.1, -0.05) is 34.6 Å². The van der Waals surface area contributed by atoms with E-state index in [2.05, 4.69) is 12.2 Å². The topological polar surface area (TPSA) is 49.3 Å². The van der Waals surface area contributed by atoms with E-state index in [4.69, 9.17) is 5.11 Å². The van der Waals surface area contributed by atoms with Crippen molar-refractivity contribution < 1.29 is 9.90 Å². The smallest absolute Gasteiger partial charge is 0.225 e. The maximum atomic E-state index is 12.0. The van der Waals surface area contributed by atoms with Crippen LogP contribution in [0.25, 0.3) is 0 Å². The van der Waals surface area contributed by atoms with Crippen LogP contribution < -0.4 is 5.32 Å². The van der Waals surface area contributed by atoms with E-state index in [0.29, 0.717) is 12.5 Å². The molecule has 0 aromatic heterocycles. The summed E-state index contributed by atoms with van der Waals surface area (Å²) in [5.41, 5.74) is -0.447. The lowest BCUT2D eigenvalue weighted by molar-refractivity contribution is -0.131. The van der Waals surface area contributed by atoms with Gasteiger partial charge in [-0.25, -0.2) is 0 Å². The molecular weight excluding hydrogens is 226 g/mol. The Bertz CT molecular complexity index is 231. The lowest BCUT2D eigenvalue weighted by atomic mass is 9.85. The van der Waals surface area contributed by atoms with Gasteiger partial charge in [-0.15, -0.1) is 0 Å². The van der Waals surface area contributed by atoms with Gasteiger partial charge in [0.15, 0.2) is 0 Å². The molecule has 1 aliphatic rings. The van der Waals surface area contributed by atoms with Crippen molar-refractivity contribution in [2.24, 2.45) is 11.3 Å². The molecule has 108 valence electrons. The second-order valence-corrected chi connectivity index (χ2v) is 5.79. The van der Waals surface area contributed by atoms with Crippen LogP contribution in [-0.2, 0) is 4.79 Å². The van der Waals surface area contributed by atoms with Gasteiger partial charge in [0, 0.05) is 18.1 Å². The van der Waals surface area contributed by atoms with E-state index in [0.717, 1.165) is 18.8 Å². The van der Waals surface area contributed by atoms with E-state index in [-0.39, 0.29) is 12.5 Å². The van der Waals surface area contributed by atoms with Crippen LogP contribution in [0.2, 0.25) is 0 Å². The summed E-state index contributed by atoms with van der Waals surface area (Å²) in [4.78, 5) is 12.0. The van der Waals surface area contributed by atoms with Crippen LogP contribution in [0.3, 0.4) is 0 Å². The van der Waals surface area contributed by atoms with Crippen molar-refractivity contribution in [2.75, 3.05) is 6.61 Å². The summed E-state index contributed by atoms with van der Waals surface area (Å²) >= 11 is 0. The fraction of sp³-hybridized carbons (Fsp3) is 0.933. The van der Waals surface area contributed by atoms with E-state index in [1.54, 1.807) is 0 Å². The fourth-order valence-electron chi connectivity index (χ4n) is 2.18. The molecule has 0 spiro atoms.